The Bertz CT molecular complexity index is 1120. The van der Waals surface area contributed by atoms with Crippen molar-refractivity contribution in [2.75, 3.05) is 5.32 Å². The summed E-state index contributed by atoms with van der Waals surface area (Å²) in [7, 11) is 0. The maximum atomic E-state index is 12.8. The molecule has 12 heteroatoms. The van der Waals surface area contributed by atoms with Crippen LogP contribution in [0.25, 0.3) is 11.0 Å². The first-order valence-electron chi connectivity index (χ1n) is 9.23. The quantitative estimate of drug-likeness (QED) is 0.566. The summed E-state index contributed by atoms with van der Waals surface area (Å²) in [6.07, 6.45) is -2.16. The lowest BCUT2D eigenvalue weighted by Gasteiger charge is -2.16. The molecule has 3 aromatic rings. The van der Waals surface area contributed by atoms with Gasteiger partial charge >= 0.3 is 6.18 Å². The molecule has 164 valence electrons. The van der Waals surface area contributed by atoms with E-state index in [0.29, 0.717) is 0 Å². The third-order valence-corrected chi connectivity index (χ3v) is 4.08. The van der Waals surface area contributed by atoms with Gasteiger partial charge in [0.05, 0.1) is 0 Å². The van der Waals surface area contributed by atoms with Crippen molar-refractivity contribution in [3.63, 3.8) is 0 Å². The van der Waals surface area contributed by atoms with Gasteiger partial charge < -0.3 is 10.6 Å². The minimum atomic E-state index is -4.58. The van der Waals surface area contributed by atoms with Crippen LogP contribution in [0, 0.1) is 5.41 Å². The molecule has 0 atom stereocenters. The molecule has 0 saturated heterocycles. The number of pyridine rings is 1. The Balaban J connectivity index is 1.75. The summed E-state index contributed by atoms with van der Waals surface area (Å²) >= 11 is 0. The Morgan fingerprint density at radius 2 is 1.87 bits per heavy atom. The van der Waals surface area contributed by atoms with Crippen LogP contribution in [0.15, 0.2) is 24.7 Å². The molecule has 0 aromatic carbocycles. The molecule has 3 rings (SSSR count). The van der Waals surface area contributed by atoms with Crippen LogP contribution in [0.4, 0.5) is 19.0 Å². The Morgan fingerprint density at radius 1 is 1.13 bits per heavy atom. The van der Waals surface area contributed by atoms with Crippen molar-refractivity contribution < 1.29 is 22.8 Å². The molecule has 2 amide bonds. The number of alkyl halides is 3. The topological polar surface area (TPSA) is 126 Å². The highest BCUT2D eigenvalue weighted by molar-refractivity contribution is 6.06. The van der Waals surface area contributed by atoms with Crippen molar-refractivity contribution >= 4 is 28.7 Å². The number of carbonyl (C=O) groups is 2. The van der Waals surface area contributed by atoms with E-state index in [-0.39, 0.29) is 52.4 Å². The number of carbonyl (C=O) groups excluding carboxylic acids is 2. The van der Waals surface area contributed by atoms with Crippen LogP contribution >= 0.6 is 0 Å². The Morgan fingerprint density at radius 3 is 2.55 bits per heavy atom. The number of nitrogens with zero attached hydrogens (tertiary/aromatic N) is 4. The van der Waals surface area contributed by atoms with Crippen LogP contribution in [-0.4, -0.2) is 37.0 Å². The van der Waals surface area contributed by atoms with Crippen LogP contribution in [0.2, 0.25) is 0 Å². The predicted molar refractivity (Wildman–Crippen MR) is 105 cm³/mol. The molecule has 0 aliphatic rings. The lowest BCUT2D eigenvalue weighted by molar-refractivity contribution is -0.141. The molecule has 3 N–H and O–H groups in total. The van der Waals surface area contributed by atoms with E-state index in [4.69, 9.17) is 0 Å². The molecule has 0 aliphatic heterocycles. The summed E-state index contributed by atoms with van der Waals surface area (Å²) in [6, 6.07) is 2.22. The van der Waals surface area contributed by atoms with Gasteiger partial charge in [0, 0.05) is 19.2 Å². The molecule has 31 heavy (non-hydrogen) atoms. The van der Waals surface area contributed by atoms with Crippen LogP contribution in [0.5, 0.6) is 0 Å². The minimum absolute atomic E-state index is 0.0566. The maximum Gasteiger partial charge on any atom is 0.433 e. The van der Waals surface area contributed by atoms with Crippen LogP contribution in [-0.2, 0) is 17.5 Å². The van der Waals surface area contributed by atoms with Crippen molar-refractivity contribution in [3.8, 4) is 0 Å². The number of rotatable bonds is 5. The van der Waals surface area contributed by atoms with E-state index in [9.17, 15) is 22.8 Å². The molecule has 0 unspecified atom stereocenters. The smallest absolute Gasteiger partial charge is 0.347 e. The second-order valence-electron chi connectivity index (χ2n) is 8.03. The largest absolute Gasteiger partial charge is 0.433 e. The first-order valence-corrected chi connectivity index (χ1v) is 9.23. The third-order valence-electron chi connectivity index (χ3n) is 4.08. The number of halogens is 3. The molecule has 9 nitrogen and oxygen atoms in total. The Kier molecular flexibility index (Phi) is 5.91. The molecule has 0 spiro atoms. The summed E-state index contributed by atoms with van der Waals surface area (Å²) in [6.45, 7) is 5.58. The SMILES string of the molecule is CC(C)(C)CC(=O)Nc1n[nH]c2c(C(=O)NCc3ccnc(C(F)(F)F)c3)ncnc12. The van der Waals surface area contributed by atoms with E-state index < -0.39 is 17.8 Å². The fourth-order valence-corrected chi connectivity index (χ4v) is 2.76. The van der Waals surface area contributed by atoms with Gasteiger partial charge in [-0.15, -0.1) is 0 Å². The second kappa shape index (κ2) is 8.28. The molecule has 3 aromatic heterocycles. The lowest BCUT2D eigenvalue weighted by atomic mass is 9.92. The van der Waals surface area contributed by atoms with Crippen LogP contribution in [0.3, 0.4) is 0 Å². The van der Waals surface area contributed by atoms with Crippen LogP contribution < -0.4 is 10.6 Å². The average molecular weight is 435 g/mol. The van der Waals surface area contributed by atoms with Gasteiger partial charge in [0.1, 0.15) is 23.1 Å². The van der Waals surface area contributed by atoms with Gasteiger partial charge in [-0.1, -0.05) is 20.8 Å². The number of anilines is 1. The third kappa shape index (κ3) is 5.53. The summed E-state index contributed by atoms with van der Waals surface area (Å²) in [4.78, 5) is 36.0. The summed E-state index contributed by atoms with van der Waals surface area (Å²) in [5.41, 5.74) is -0.676. The number of fused-ring (bicyclic) bond motifs is 1. The molecule has 0 aliphatic carbocycles. The average Bonchev–Trinajstić information content (AvgIpc) is 3.07. The van der Waals surface area contributed by atoms with Crippen molar-refractivity contribution in [2.45, 2.75) is 39.9 Å². The summed E-state index contributed by atoms with van der Waals surface area (Å²) in [5, 5.41) is 11.8. The lowest BCUT2D eigenvalue weighted by Crippen LogP contribution is -2.24. The normalized spacial score (nSPS) is 12.1. The zero-order valence-corrected chi connectivity index (χ0v) is 17.0. The van der Waals surface area contributed by atoms with E-state index in [1.54, 1.807) is 0 Å². The molecular weight excluding hydrogens is 415 g/mol. The van der Waals surface area contributed by atoms with Gasteiger partial charge in [0.25, 0.3) is 5.91 Å². The zero-order valence-electron chi connectivity index (χ0n) is 17.0. The second-order valence-corrected chi connectivity index (χ2v) is 8.03. The summed E-state index contributed by atoms with van der Waals surface area (Å²) < 4.78 is 38.3. The standard InChI is InChI=1S/C19H20F3N7O2/c1-18(2,3)7-12(30)27-16-14-13(28-29-16)15(26-9-25-14)17(31)24-8-10-4-5-23-11(6-10)19(20,21)22/h4-6,9H,7-8H2,1-3H3,(H,24,31)(H2,27,28,29,30). The first-order chi connectivity index (χ1) is 14.4. The molecular formula is C19H20F3N7O2. The maximum absolute atomic E-state index is 12.8. The van der Waals surface area contributed by atoms with Gasteiger partial charge in [-0.25, -0.2) is 9.97 Å². The monoisotopic (exact) mass is 435 g/mol. The van der Waals surface area contributed by atoms with Gasteiger partial charge in [-0.05, 0) is 23.1 Å². The van der Waals surface area contributed by atoms with Gasteiger partial charge in [0.15, 0.2) is 11.5 Å². The molecule has 0 bridgehead atoms. The van der Waals surface area contributed by atoms with Crippen molar-refractivity contribution in [1.82, 2.24) is 30.5 Å². The fraction of sp³-hybridized carbons (Fsp3) is 0.368. The van der Waals surface area contributed by atoms with Crippen LogP contribution in [0.1, 0.15) is 48.9 Å². The fourth-order valence-electron chi connectivity index (χ4n) is 2.76. The van der Waals surface area contributed by atoms with Crippen molar-refractivity contribution in [3.05, 3.63) is 41.6 Å². The highest BCUT2D eigenvalue weighted by Crippen LogP contribution is 2.28. The minimum Gasteiger partial charge on any atom is -0.347 e. The Labute approximate surface area is 174 Å². The van der Waals surface area contributed by atoms with E-state index in [2.05, 4.69) is 35.8 Å². The molecule has 0 fully saturated rings. The highest BCUT2D eigenvalue weighted by atomic mass is 19.4. The number of aromatic amines is 1. The van der Waals surface area contributed by atoms with Gasteiger partial charge in [-0.3, -0.25) is 19.7 Å². The van der Waals surface area contributed by atoms with E-state index in [1.165, 1.54) is 6.07 Å². The number of aromatic nitrogens is 5. The van der Waals surface area contributed by atoms with E-state index in [0.717, 1.165) is 18.6 Å². The van der Waals surface area contributed by atoms with E-state index >= 15 is 0 Å². The number of nitrogens with one attached hydrogen (secondary N) is 3. The summed E-state index contributed by atoms with van der Waals surface area (Å²) in [5.74, 6) is -0.748. The number of hydrogen-bond donors (Lipinski definition) is 3. The predicted octanol–water partition coefficient (Wildman–Crippen LogP) is 3.07. The molecule has 0 radical (unpaired) electrons. The zero-order chi connectivity index (χ0) is 22.8. The number of H-pyrrole nitrogens is 1. The molecule has 0 saturated carbocycles. The van der Waals surface area contributed by atoms with Gasteiger partial charge in [-0.2, -0.15) is 18.3 Å². The van der Waals surface area contributed by atoms with Crippen molar-refractivity contribution in [2.24, 2.45) is 5.41 Å². The Hall–Kier alpha value is -3.57. The number of amides is 2. The molecule has 3 heterocycles. The van der Waals surface area contributed by atoms with Gasteiger partial charge in [0.2, 0.25) is 5.91 Å². The van der Waals surface area contributed by atoms with E-state index in [1.807, 2.05) is 20.8 Å². The highest BCUT2D eigenvalue weighted by Gasteiger charge is 2.32. The first kappa shape index (κ1) is 22.1. The number of hydrogen-bond acceptors (Lipinski definition) is 6. The van der Waals surface area contributed by atoms with Crippen molar-refractivity contribution in [1.29, 1.82) is 0 Å².